The number of nitrogens with two attached hydrogens (primary N) is 1. The van der Waals surface area contributed by atoms with Crippen LogP contribution in [0, 0.1) is 0 Å². The minimum Gasteiger partial charge on any atom is -0.397 e. The summed E-state index contributed by atoms with van der Waals surface area (Å²) in [6.07, 6.45) is 0. The number of hydrogen-bond acceptors (Lipinski definition) is 2. The number of nitrogens with one attached hydrogen (secondary N) is 1. The maximum absolute atomic E-state index is 11.1. The molecule has 1 atom stereocenters. The lowest BCUT2D eigenvalue weighted by Crippen LogP contribution is -2.07. The van der Waals surface area contributed by atoms with Gasteiger partial charge < -0.3 is 10.5 Å². The van der Waals surface area contributed by atoms with Gasteiger partial charge in [0.25, 0.3) is 0 Å². The van der Waals surface area contributed by atoms with Gasteiger partial charge in [-0.05, 0) is 18.2 Å². The SMILES string of the molecule is CCS(=O)Nc1cc(Cl)ccc1N. The molecule has 72 valence electrons. The molecule has 0 aliphatic rings. The molecule has 0 radical (unpaired) electrons. The normalized spacial score (nSPS) is 12.5. The number of nitrogen functional groups attached to an aromatic ring is 1. The molecule has 0 heterocycles. The van der Waals surface area contributed by atoms with Gasteiger partial charge in [0.2, 0.25) is 0 Å². The predicted octanol–water partition coefficient (Wildman–Crippen LogP) is 2.02. The highest BCUT2D eigenvalue weighted by atomic mass is 35.5. The van der Waals surface area contributed by atoms with E-state index in [4.69, 9.17) is 17.3 Å². The standard InChI is InChI=1S/C8H11ClN2OS/c1-2-13(12)11-8-5-6(9)3-4-7(8)10/h3-5,11H,2,10H2,1H3. The van der Waals surface area contributed by atoms with Crippen LogP contribution in [0.2, 0.25) is 5.02 Å². The summed E-state index contributed by atoms with van der Waals surface area (Å²) >= 11 is 5.75. The smallest absolute Gasteiger partial charge is 0.116 e. The summed E-state index contributed by atoms with van der Waals surface area (Å²) in [6.45, 7) is 1.82. The Hall–Kier alpha value is -0.740. The molecule has 0 bridgehead atoms. The first-order chi connectivity index (χ1) is 6.13. The second-order valence-corrected chi connectivity index (χ2v) is 4.38. The first kappa shape index (κ1) is 10.3. The van der Waals surface area contributed by atoms with Crippen molar-refractivity contribution in [3.05, 3.63) is 23.2 Å². The maximum Gasteiger partial charge on any atom is 0.116 e. The van der Waals surface area contributed by atoms with Gasteiger partial charge in [0.1, 0.15) is 11.0 Å². The summed E-state index contributed by atoms with van der Waals surface area (Å²) in [7, 11) is -1.09. The van der Waals surface area contributed by atoms with Crippen molar-refractivity contribution in [2.24, 2.45) is 0 Å². The van der Waals surface area contributed by atoms with E-state index >= 15 is 0 Å². The Morgan fingerprint density at radius 1 is 1.62 bits per heavy atom. The Kier molecular flexibility index (Phi) is 3.57. The lowest BCUT2D eigenvalue weighted by atomic mass is 10.3. The van der Waals surface area contributed by atoms with Gasteiger partial charge in [-0.1, -0.05) is 18.5 Å². The molecule has 0 spiro atoms. The van der Waals surface area contributed by atoms with E-state index in [0.717, 1.165) is 0 Å². The van der Waals surface area contributed by atoms with Gasteiger partial charge in [0.05, 0.1) is 11.4 Å². The van der Waals surface area contributed by atoms with E-state index in [1.54, 1.807) is 18.2 Å². The van der Waals surface area contributed by atoms with Crippen LogP contribution in [0.3, 0.4) is 0 Å². The van der Waals surface area contributed by atoms with Gasteiger partial charge in [-0.15, -0.1) is 0 Å². The largest absolute Gasteiger partial charge is 0.397 e. The van der Waals surface area contributed by atoms with Crippen molar-refractivity contribution in [1.82, 2.24) is 0 Å². The molecule has 3 nitrogen and oxygen atoms in total. The van der Waals surface area contributed by atoms with E-state index in [1.807, 2.05) is 6.92 Å². The first-order valence-electron chi connectivity index (χ1n) is 3.83. The Bertz CT molecular complexity index is 330. The molecule has 1 unspecified atom stereocenters. The van der Waals surface area contributed by atoms with Crippen molar-refractivity contribution in [3.8, 4) is 0 Å². The van der Waals surface area contributed by atoms with Gasteiger partial charge in [0, 0.05) is 10.8 Å². The molecule has 5 heteroatoms. The number of anilines is 2. The molecule has 0 aromatic heterocycles. The zero-order chi connectivity index (χ0) is 9.84. The number of benzene rings is 1. The second-order valence-electron chi connectivity index (χ2n) is 2.47. The van der Waals surface area contributed by atoms with Crippen LogP contribution >= 0.6 is 11.6 Å². The first-order valence-corrected chi connectivity index (χ1v) is 5.53. The molecule has 3 N–H and O–H groups in total. The summed E-state index contributed by atoms with van der Waals surface area (Å²) in [4.78, 5) is 0. The van der Waals surface area contributed by atoms with Gasteiger partial charge in [-0.25, -0.2) is 4.21 Å². The van der Waals surface area contributed by atoms with Crippen molar-refractivity contribution in [3.63, 3.8) is 0 Å². The average molecular weight is 219 g/mol. The van der Waals surface area contributed by atoms with Crippen LogP contribution in [0.15, 0.2) is 18.2 Å². The fourth-order valence-electron chi connectivity index (χ4n) is 0.812. The Morgan fingerprint density at radius 3 is 2.92 bits per heavy atom. The second kappa shape index (κ2) is 4.48. The van der Waals surface area contributed by atoms with E-state index in [9.17, 15) is 4.21 Å². The molecular formula is C8H11ClN2OS. The highest BCUT2D eigenvalue weighted by Gasteiger charge is 2.01. The van der Waals surface area contributed by atoms with Gasteiger partial charge >= 0.3 is 0 Å². The summed E-state index contributed by atoms with van der Waals surface area (Å²) in [6, 6.07) is 5.03. The molecule has 1 rings (SSSR count). The molecule has 0 saturated carbocycles. The Morgan fingerprint density at radius 2 is 2.31 bits per heavy atom. The lowest BCUT2D eigenvalue weighted by Gasteiger charge is -2.07. The lowest BCUT2D eigenvalue weighted by molar-refractivity contribution is 0.687. The zero-order valence-corrected chi connectivity index (χ0v) is 8.78. The molecule has 1 aromatic rings. The van der Waals surface area contributed by atoms with Crippen molar-refractivity contribution < 1.29 is 4.21 Å². The Balaban J connectivity index is 2.87. The van der Waals surface area contributed by atoms with Gasteiger partial charge in [0.15, 0.2) is 0 Å². The predicted molar refractivity (Wildman–Crippen MR) is 58.2 cm³/mol. The fraction of sp³-hybridized carbons (Fsp3) is 0.250. The molecule has 0 aliphatic carbocycles. The van der Waals surface area contributed by atoms with E-state index in [-0.39, 0.29) is 0 Å². The highest BCUT2D eigenvalue weighted by molar-refractivity contribution is 7.86. The van der Waals surface area contributed by atoms with Crippen molar-refractivity contribution in [2.45, 2.75) is 6.92 Å². The third-order valence-corrected chi connectivity index (χ3v) is 2.71. The van der Waals surface area contributed by atoms with Crippen molar-refractivity contribution >= 4 is 34.0 Å². The quantitative estimate of drug-likeness (QED) is 0.763. The Labute approximate surface area is 84.9 Å². The molecule has 0 saturated heterocycles. The number of rotatable bonds is 3. The van der Waals surface area contributed by atoms with Crippen molar-refractivity contribution in [2.75, 3.05) is 16.2 Å². The van der Waals surface area contributed by atoms with E-state index in [1.165, 1.54) is 0 Å². The molecule has 0 fully saturated rings. The molecule has 0 amide bonds. The monoisotopic (exact) mass is 218 g/mol. The van der Waals surface area contributed by atoms with Crippen LogP contribution in [0.5, 0.6) is 0 Å². The van der Waals surface area contributed by atoms with Gasteiger partial charge in [-0.3, -0.25) is 0 Å². The average Bonchev–Trinajstić information content (AvgIpc) is 2.11. The maximum atomic E-state index is 11.1. The number of halogens is 1. The third-order valence-electron chi connectivity index (χ3n) is 1.50. The summed E-state index contributed by atoms with van der Waals surface area (Å²) in [5.74, 6) is 0.534. The van der Waals surface area contributed by atoms with Crippen molar-refractivity contribution in [1.29, 1.82) is 0 Å². The van der Waals surface area contributed by atoms with Crippen LogP contribution in [-0.4, -0.2) is 9.96 Å². The molecule has 0 aliphatic heterocycles. The van der Waals surface area contributed by atoms with E-state index in [2.05, 4.69) is 4.72 Å². The topological polar surface area (TPSA) is 55.1 Å². The summed E-state index contributed by atoms with van der Waals surface area (Å²) in [5.41, 5.74) is 6.80. The molecule has 1 aromatic carbocycles. The highest BCUT2D eigenvalue weighted by Crippen LogP contribution is 2.23. The van der Waals surface area contributed by atoms with E-state index < -0.39 is 11.0 Å². The minimum atomic E-state index is -1.09. The minimum absolute atomic E-state index is 0.534. The van der Waals surface area contributed by atoms with Crippen LogP contribution < -0.4 is 10.5 Å². The van der Waals surface area contributed by atoms with Gasteiger partial charge in [-0.2, -0.15) is 0 Å². The fourth-order valence-corrected chi connectivity index (χ4v) is 1.55. The third kappa shape index (κ3) is 2.90. The van der Waals surface area contributed by atoms with Crippen LogP contribution in [-0.2, 0) is 11.0 Å². The van der Waals surface area contributed by atoms with Crippen LogP contribution in [0.4, 0.5) is 11.4 Å². The zero-order valence-electron chi connectivity index (χ0n) is 7.21. The number of hydrogen-bond donors (Lipinski definition) is 2. The summed E-state index contributed by atoms with van der Waals surface area (Å²) < 4.78 is 13.9. The van der Waals surface area contributed by atoms with Crippen LogP contribution in [0.1, 0.15) is 6.92 Å². The molecular weight excluding hydrogens is 208 g/mol. The molecule has 13 heavy (non-hydrogen) atoms. The van der Waals surface area contributed by atoms with Crippen LogP contribution in [0.25, 0.3) is 0 Å². The summed E-state index contributed by atoms with van der Waals surface area (Å²) in [5, 5.41) is 0.574. The van der Waals surface area contributed by atoms with E-state index in [0.29, 0.717) is 22.2 Å².